The number of hydrazine groups is 1. The molecule has 0 radical (unpaired) electrons. The first kappa shape index (κ1) is 17.3. The van der Waals surface area contributed by atoms with Crippen LogP contribution >= 0.6 is 11.6 Å². The van der Waals surface area contributed by atoms with Crippen molar-refractivity contribution in [3.05, 3.63) is 76.8 Å². The molecule has 0 aromatic heterocycles. The lowest BCUT2D eigenvalue weighted by Gasteiger charge is -2.33. The fourth-order valence-electron chi connectivity index (χ4n) is 2.43. The Hall–Kier alpha value is -2.51. The Kier molecular flexibility index (Phi) is 4.22. The van der Waals surface area contributed by atoms with Crippen LogP contribution in [0.25, 0.3) is 5.70 Å². The number of nitrogens with zero attached hydrogens (tertiary/aromatic N) is 1. The molecule has 0 saturated heterocycles. The molecule has 0 spiro atoms. The van der Waals surface area contributed by atoms with E-state index >= 15 is 0 Å². The zero-order valence-electron chi connectivity index (χ0n) is 12.6. The number of nitrogens with one attached hydrogen (secondary N) is 1. The highest BCUT2D eigenvalue weighted by Gasteiger charge is 2.61. The number of carbonyl (C=O) groups excluding carboxylic acids is 1. The highest BCUT2D eigenvalue weighted by atomic mass is 35.5. The highest BCUT2D eigenvalue weighted by Crippen LogP contribution is 2.40. The van der Waals surface area contributed by atoms with Gasteiger partial charge in [-0.2, -0.15) is 13.2 Å². The molecule has 1 aliphatic rings. The maximum Gasteiger partial charge on any atom is 0.442 e. The summed E-state index contributed by atoms with van der Waals surface area (Å²) in [5.74, 6) is -1.07. The molecule has 1 aliphatic heterocycles. The van der Waals surface area contributed by atoms with Crippen molar-refractivity contribution in [3.8, 4) is 0 Å². The summed E-state index contributed by atoms with van der Waals surface area (Å²) in [6.07, 6.45) is -4.53. The summed E-state index contributed by atoms with van der Waals surface area (Å²) in [5.41, 5.74) is -0.864. The van der Waals surface area contributed by atoms with Crippen LogP contribution in [0.1, 0.15) is 15.9 Å². The minimum absolute atomic E-state index is 0.0317. The van der Waals surface area contributed by atoms with Gasteiger partial charge >= 0.3 is 6.18 Å². The minimum atomic E-state index is -5.11. The quantitative estimate of drug-likeness (QED) is 0.851. The van der Waals surface area contributed by atoms with Gasteiger partial charge in [-0.25, -0.2) is 5.01 Å². The molecule has 2 N–H and O–H groups in total. The van der Waals surface area contributed by atoms with Gasteiger partial charge in [0.2, 0.25) is 0 Å². The lowest BCUT2D eigenvalue weighted by Crippen LogP contribution is -2.60. The summed E-state index contributed by atoms with van der Waals surface area (Å²) in [6.45, 7) is 0. The van der Waals surface area contributed by atoms with E-state index < -0.39 is 17.8 Å². The van der Waals surface area contributed by atoms with Gasteiger partial charge in [-0.05, 0) is 23.8 Å². The van der Waals surface area contributed by atoms with Crippen molar-refractivity contribution in [3.63, 3.8) is 0 Å². The van der Waals surface area contributed by atoms with Gasteiger partial charge in [0.15, 0.2) is 0 Å². The second-order valence-corrected chi connectivity index (χ2v) is 5.85. The highest BCUT2D eigenvalue weighted by molar-refractivity contribution is 6.31. The standard InChI is InChI=1S/C17H12ClF3N2O2/c18-13-8-4-7-12(9-13)15(24)23-16(25,17(19,20)21)10-14(22-23)11-5-2-1-3-6-11/h1-10,22,25H/t16-/m1/s1. The average Bonchev–Trinajstić information content (AvgIpc) is 2.94. The fourth-order valence-corrected chi connectivity index (χ4v) is 2.62. The summed E-state index contributed by atoms with van der Waals surface area (Å²) in [4.78, 5) is 12.5. The Balaban J connectivity index is 2.03. The molecule has 2 aromatic carbocycles. The van der Waals surface area contributed by atoms with Crippen LogP contribution in [-0.2, 0) is 0 Å². The fraction of sp³-hybridized carbons (Fsp3) is 0.118. The Labute approximate surface area is 146 Å². The summed E-state index contributed by atoms with van der Waals surface area (Å²) in [5, 5.41) is 10.6. The molecule has 1 heterocycles. The zero-order valence-corrected chi connectivity index (χ0v) is 13.3. The minimum Gasteiger partial charge on any atom is -0.359 e. The number of halogens is 4. The van der Waals surface area contributed by atoms with Gasteiger partial charge in [-0.15, -0.1) is 0 Å². The number of alkyl halides is 3. The van der Waals surface area contributed by atoms with E-state index in [4.69, 9.17) is 11.6 Å². The van der Waals surface area contributed by atoms with E-state index in [1.165, 1.54) is 24.3 Å². The molecule has 3 rings (SSSR count). The summed E-state index contributed by atoms with van der Waals surface area (Å²) >= 11 is 5.79. The van der Waals surface area contributed by atoms with Crippen LogP contribution in [0, 0.1) is 0 Å². The number of rotatable bonds is 2. The van der Waals surface area contributed by atoms with Crippen molar-refractivity contribution in [1.29, 1.82) is 0 Å². The molecule has 8 heteroatoms. The van der Waals surface area contributed by atoms with Crippen molar-refractivity contribution >= 4 is 23.2 Å². The van der Waals surface area contributed by atoms with Crippen molar-refractivity contribution in [2.75, 3.05) is 0 Å². The van der Waals surface area contributed by atoms with Crippen LogP contribution in [0.5, 0.6) is 0 Å². The van der Waals surface area contributed by atoms with Gasteiger partial charge in [0.1, 0.15) is 0 Å². The van der Waals surface area contributed by atoms with Gasteiger partial charge < -0.3 is 5.11 Å². The van der Waals surface area contributed by atoms with E-state index in [0.29, 0.717) is 11.6 Å². The molecule has 1 amide bonds. The third kappa shape index (κ3) is 3.08. The van der Waals surface area contributed by atoms with Gasteiger partial charge in [0.05, 0.1) is 5.70 Å². The van der Waals surface area contributed by atoms with E-state index in [2.05, 4.69) is 5.43 Å². The Morgan fingerprint density at radius 1 is 1.12 bits per heavy atom. The monoisotopic (exact) mass is 368 g/mol. The maximum atomic E-state index is 13.5. The average molecular weight is 369 g/mol. The molecule has 0 unspecified atom stereocenters. The number of hydrogen-bond donors (Lipinski definition) is 2. The molecular formula is C17H12ClF3N2O2. The topological polar surface area (TPSA) is 52.6 Å². The first-order valence-electron chi connectivity index (χ1n) is 7.16. The van der Waals surface area contributed by atoms with Crippen LogP contribution in [0.15, 0.2) is 60.7 Å². The Morgan fingerprint density at radius 3 is 2.40 bits per heavy atom. The van der Waals surface area contributed by atoms with Gasteiger partial charge in [0.25, 0.3) is 11.6 Å². The van der Waals surface area contributed by atoms with Gasteiger partial charge in [-0.1, -0.05) is 48.0 Å². The second kappa shape index (κ2) is 6.09. The number of hydrogen-bond acceptors (Lipinski definition) is 3. The first-order valence-corrected chi connectivity index (χ1v) is 7.54. The third-order valence-electron chi connectivity index (χ3n) is 3.70. The smallest absolute Gasteiger partial charge is 0.359 e. The summed E-state index contributed by atoms with van der Waals surface area (Å²) in [7, 11) is 0. The van der Waals surface area contributed by atoms with E-state index in [9.17, 15) is 23.1 Å². The van der Waals surface area contributed by atoms with E-state index in [1.54, 1.807) is 30.3 Å². The molecular weight excluding hydrogens is 357 g/mol. The van der Waals surface area contributed by atoms with E-state index in [0.717, 1.165) is 0 Å². The van der Waals surface area contributed by atoms with Crippen molar-refractivity contribution < 1.29 is 23.1 Å². The number of carbonyl (C=O) groups is 1. The van der Waals surface area contributed by atoms with E-state index in [1.807, 2.05) is 0 Å². The van der Waals surface area contributed by atoms with Crippen LogP contribution in [0.2, 0.25) is 5.02 Å². The molecule has 4 nitrogen and oxygen atoms in total. The molecule has 0 fully saturated rings. The van der Waals surface area contributed by atoms with Crippen LogP contribution in [-0.4, -0.2) is 27.9 Å². The molecule has 0 bridgehead atoms. The Bertz CT molecular complexity index is 839. The number of amides is 1. The van der Waals surface area contributed by atoms with Crippen LogP contribution < -0.4 is 5.43 Å². The lowest BCUT2D eigenvalue weighted by atomic mass is 10.1. The zero-order chi connectivity index (χ0) is 18.2. The van der Waals surface area contributed by atoms with Crippen molar-refractivity contribution in [2.45, 2.75) is 11.9 Å². The number of benzene rings is 2. The summed E-state index contributed by atoms with van der Waals surface area (Å²) in [6, 6.07) is 13.5. The Morgan fingerprint density at radius 2 is 1.80 bits per heavy atom. The van der Waals surface area contributed by atoms with Gasteiger partial charge in [0, 0.05) is 16.7 Å². The number of aliphatic hydroxyl groups is 1. The normalized spacial score (nSPS) is 20.2. The molecule has 130 valence electrons. The molecule has 2 aromatic rings. The molecule has 0 aliphatic carbocycles. The lowest BCUT2D eigenvalue weighted by molar-refractivity contribution is -0.283. The van der Waals surface area contributed by atoms with Gasteiger partial charge in [-0.3, -0.25) is 10.2 Å². The van der Waals surface area contributed by atoms with Crippen molar-refractivity contribution in [2.24, 2.45) is 0 Å². The predicted octanol–water partition coefficient (Wildman–Crippen LogP) is 3.59. The SMILES string of the molecule is O=C(c1cccc(Cl)c1)N1NC(c2ccccc2)=C[C@@]1(O)C(F)(F)F. The predicted molar refractivity (Wildman–Crippen MR) is 86.2 cm³/mol. The molecule has 0 saturated carbocycles. The van der Waals surface area contributed by atoms with Crippen LogP contribution in [0.3, 0.4) is 0 Å². The largest absolute Gasteiger partial charge is 0.442 e. The second-order valence-electron chi connectivity index (χ2n) is 5.41. The molecule has 1 atom stereocenters. The van der Waals surface area contributed by atoms with Crippen LogP contribution in [0.4, 0.5) is 13.2 Å². The van der Waals surface area contributed by atoms with E-state index in [-0.39, 0.29) is 21.3 Å². The summed E-state index contributed by atoms with van der Waals surface area (Å²) < 4.78 is 40.5. The van der Waals surface area contributed by atoms with Crippen molar-refractivity contribution in [1.82, 2.24) is 10.4 Å². The first-order chi connectivity index (χ1) is 11.7. The molecule has 25 heavy (non-hydrogen) atoms. The third-order valence-corrected chi connectivity index (χ3v) is 3.93. The maximum absolute atomic E-state index is 13.5.